The van der Waals surface area contributed by atoms with Crippen molar-refractivity contribution in [3.8, 4) is 0 Å². The Labute approximate surface area is 115 Å². The first-order valence-corrected chi connectivity index (χ1v) is 6.26. The number of piperazine rings is 1. The van der Waals surface area contributed by atoms with Gasteiger partial charge < -0.3 is 15.3 Å². The number of hydrogen-bond acceptors (Lipinski definition) is 6. The highest BCUT2D eigenvalue weighted by Crippen LogP contribution is 2.25. The molecule has 9 nitrogen and oxygen atoms in total. The first-order chi connectivity index (χ1) is 9.40. The second kappa shape index (κ2) is 5.25. The maximum absolute atomic E-state index is 12.2. The number of carboxylic acid groups (broad SMARTS) is 1. The topological polar surface area (TPSA) is 130 Å². The standard InChI is InChI=1S/C10H9N3O6S/c14-7-4-12(5(3-11-7)10(16)17)9(15)6-1-2-8(20-6)13(18)19/h1-2,5H,3-4H2,(H,11,14)(H,16,17). The second-order valence-electron chi connectivity index (χ2n) is 3.99. The molecule has 106 valence electrons. The smallest absolute Gasteiger partial charge is 0.328 e. The van der Waals surface area contributed by atoms with Gasteiger partial charge in [0.1, 0.15) is 12.6 Å². The van der Waals surface area contributed by atoms with Crippen molar-refractivity contribution in [1.29, 1.82) is 0 Å². The van der Waals surface area contributed by atoms with Gasteiger partial charge in [0, 0.05) is 12.6 Å². The summed E-state index contributed by atoms with van der Waals surface area (Å²) in [5.74, 6) is -2.42. The summed E-state index contributed by atoms with van der Waals surface area (Å²) in [6.45, 7) is -0.575. The Bertz CT molecular complexity index is 598. The minimum absolute atomic E-state index is 0.0256. The number of amides is 2. The highest BCUT2D eigenvalue weighted by molar-refractivity contribution is 7.17. The van der Waals surface area contributed by atoms with Crippen LogP contribution < -0.4 is 5.32 Å². The maximum Gasteiger partial charge on any atom is 0.328 e. The third-order valence-electron chi connectivity index (χ3n) is 2.71. The van der Waals surface area contributed by atoms with E-state index in [-0.39, 0.29) is 23.0 Å². The van der Waals surface area contributed by atoms with E-state index in [2.05, 4.69) is 5.32 Å². The lowest BCUT2D eigenvalue weighted by molar-refractivity contribution is -0.380. The van der Waals surface area contributed by atoms with Crippen LogP contribution in [0.1, 0.15) is 9.67 Å². The number of nitrogens with one attached hydrogen (secondary N) is 1. The summed E-state index contributed by atoms with van der Waals surface area (Å²) in [7, 11) is 0. The largest absolute Gasteiger partial charge is 0.480 e. The molecule has 0 bridgehead atoms. The van der Waals surface area contributed by atoms with Gasteiger partial charge in [-0.25, -0.2) is 4.79 Å². The van der Waals surface area contributed by atoms with Gasteiger partial charge in [0.2, 0.25) is 5.91 Å². The second-order valence-corrected chi connectivity index (χ2v) is 5.05. The van der Waals surface area contributed by atoms with Crippen LogP contribution in [0.25, 0.3) is 0 Å². The van der Waals surface area contributed by atoms with Crippen molar-refractivity contribution in [2.75, 3.05) is 13.1 Å². The van der Waals surface area contributed by atoms with E-state index in [1.807, 2.05) is 0 Å². The quantitative estimate of drug-likeness (QED) is 0.581. The minimum Gasteiger partial charge on any atom is -0.480 e. The third-order valence-corrected chi connectivity index (χ3v) is 3.74. The minimum atomic E-state index is -1.25. The highest BCUT2D eigenvalue weighted by Gasteiger charge is 2.36. The molecule has 1 aliphatic heterocycles. The SMILES string of the molecule is O=C1CN(C(=O)c2ccc([N+](=O)[O-])s2)C(C(=O)O)CN1. The number of nitro groups is 1. The summed E-state index contributed by atoms with van der Waals surface area (Å²) in [6, 6.07) is 1.23. The fourth-order valence-electron chi connectivity index (χ4n) is 1.76. The normalized spacial score (nSPS) is 18.5. The lowest BCUT2D eigenvalue weighted by Crippen LogP contribution is -2.59. The molecule has 20 heavy (non-hydrogen) atoms. The summed E-state index contributed by atoms with van der Waals surface area (Å²) in [5.41, 5.74) is 0. The molecule has 1 aromatic rings. The fraction of sp³-hybridized carbons (Fsp3) is 0.300. The maximum atomic E-state index is 12.2. The van der Waals surface area contributed by atoms with Gasteiger partial charge in [-0.15, -0.1) is 0 Å². The van der Waals surface area contributed by atoms with Crippen molar-refractivity contribution in [2.45, 2.75) is 6.04 Å². The molecule has 1 fully saturated rings. The van der Waals surface area contributed by atoms with Gasteiger partial charge >= 0.3 is 11.0 Å². The van der Waals surface area contributed by atoms with Gasteiger partial charge in [-0.1, -0.05) is 11.3 Å². The lowest BCUT2D eigenvalue weighted by Gasteiger charge is -2.32. The number of carboxylic acids is 1. The number of carbonyl (C=O) groups excluding carboxylic acids is 2. The van der Waals surface area contributed by atoms with Crippen molar-refractivity contribution in [1.82, 2.24) is 10.2 Å². The number of hydrogen-bond donors (Lipinski definition) is 2. The molecular weight excluding hydrogens is 290 g/mol. The van der Waals surface area contributed by atoms with Crippen molar-refractivity contribution in [2.24, 2.45) is 0 Å². The van der Waals surface area contributed by atoms with Crippen molar-refractivity contribution >= 4 is 34.1 Å². The Morgan fingerprint density at radius 3 is 2.75 bits per heavy atom. The molecule has 2 amide bonds. The van der Waals surface area contributed by atoms with Crippen LogP contribution in [0.3, 0.4) is 0 Å². The number of nitrogens with zero attached hydrogens (tertiary/aromatic N) is 2. The molecule has 0 aliphatic carbocycles. The van der Waals surface area contributed by atoms with Crippen LogP contribution in [0.4, 0.5) is 5.00 Å². The highest BCUT2D eigenvalue weighted by atomic mass is 32.1. The van der Waals surface area contributed by atoms with Crippen LogP contribution in [0.5, 0.6) is 0 Å². The van der Waals surface area contributed by atoms with Gasteiger partial charge in [-0.05, 0) is 6.07 Å². The number of thiophene rings is 1. The molecule has 2 rings (SSSR count). The molecule has 2 N–H and O–H groups in total. The van der Waals surface area contributed by atoms with Crippen LogP contribution in [0, 0.1) is 10.1 Å². The Hall–Kier alpha value is -2.49. The summed E-state index contributed by atoms with van der Waals surface area (Å²) in [6.07, 6.45) is 0. The van der Waals surface area contributed by atoms with Crippen molar-refractivity contribution in [3.63, 3.8) is 0 Å². The van der Waals surface area contributed by atoms with Gasteiger partial charge in [0.15, 0.2) is 0 Å². The average Bonchev–Trinajstić information content (AvgIpc) is 2.87. The van der Waals surface area contributed by atoms with Gasteiger partial charge in [-0.2, -0.15) is 0 Å². The molecule has 10 heteroatoms. The Balaban J connectivity index is 2.26. The van der Waals surface area contributed by atoms with Crippen molar-refractivity contribution < 1.29 is 24.4 Å². The Morgan fingerprint density at radius 2 is 2.20 bits per heavy atom. The molecule has 1 saturated heterocycles. The van der Waals surface area contributed by atoms with E-state index in [4.69, 9.17) is 5.11 Å². The number of aliphatic carboxylic acids is 1. The van der Waals surface area contributed by atoms with Crippen LogP contribution in [-0.4, -0.2) is 51.8 Å². The zero-order chi connectivity index (χ0) is 14.9. The van der Waals surface area contributed by atoms with Crippen LogP contribution in [0.15, 0.2) is 12.1 Å². The first-order valence-electron chi connectivity index (χ1n) is 5.45. The fourth-order valence-corrected chi connectivity index (χ4v) is 2.53. The first kappa shape index (κ1) is 13.9. The molecule has 0 aromatic carbocycles. The van der Waals surface area contributed by atoms with Crippen molar-refractivity contribution in [3.05, 3.63) is 27.1 Å². The molecule has 0 saturated carbocycles. The van der Waals surface area contributed by atoms with E-state index in [0.717, 1.165) is 11.0 Å². The summed E-state index contributed by atoms with van der Waals surface area (Å²) in [5, 5.41) is 21.7. The van der Waals surface area contributed by atoms with E-state index in [1.54, 1.807) is 0 Å². The molecule has 1 aromatic heterocycles. The zero-order valence-corrected chi connectivity index (χ0v) is 10.8. The predicted octanol–water partition coefficient (Wildman–Crippen LogP) is -0.318. The van der Waals surface area contributed by atoms with E-state index < -0.39 is 28.7 Å². The van der Waals surface area contributed by atoms with E-state index >= 15 is 0 Å². The molecule has 0 radical (unpaired) electrons. The Kier molecular flexibility index (Phi) is 3.66. The number of rotatable bonds is 3. The zero-order valence-electron chi connectivity index (χ0n) is 9.94. The molecule has 1 atom stereocenters. The number of carbonyl (C=O) groups is 3. The average molecular weight is 299 g/mol. The van der Waals surface area contributed by atoms with Gasteiger partial charge in [-0.3, -0.25) is 19.7 Å². The van der Waals surface area contributed by atoms with Crippen LogP contribution in [0.2, 0.25) is 0 Å². The summed E-state index contributed by atoms with van der Waals surface area (Å²) >= 11 is 0.643. The van der Waals surface area contributed by atoms with E-state index in [0.29, 0.717) is 11.3 Å². The van der Waals surface area contributed by atoms with E-state index in [1.165, 1.54) is 6.07 Å². The Morgan fingerprint density at radius 1 is 1.50 bits per heavy atom. The molecule has 1 aliphatic rings. The molecule has 2 heterocycles. The molecular formula is C10H9N3O6S. The predicted molar refractivity (Wildman–Crippen MR) is 66.4 cm³/mol. The van der Waals surface area contributed by atoms with Crippen LogP contribution >= 0.6 is 11.3 Å². The monoisotopic (exact) mass is 299 g/mol. The summed E-state index contributed by atoms with van der Waals surface area (Å²) < 4.78 is 0. The third kappa shape index (κ3) is 2.59. The van der Waals surface area contributed by atoms with Gasteiger partial charge in [0.05, 0.1) is 9.80 Å². The lowest BCUT2D eigenvalue weighted by atomic mass is 10.2. The molecule has 1 unspecified atom stereocenters. The van der Waals surface area contributed by atoms with E-state index in [9.17, 15) is 24.5 Å². The summed E-state index contributed by atoms with van der Waals surface area (Å²) in [4.78, 5) is 45.4. The van der Waals surface area contributed by atoms with Gasteiger partial charge in [0.25, 0.3) is 5.91 Å². The molecule has 0 spiro atoms. The van der Waals surface area contributed by atoms with Crippen LogP contribution in [-0.2, 0) is 9.59 Å².